The zero-order chi connectivity index (χ0) is 14.5. The molecule has 0 bridgehead atoms. The highest BCUT2D eigenvalue weighted by molar-refractivity contribution is 5.94. The third-order valence-electron chi connectivity index (χ3n) is 2.98. The number of hydrogen-bond donors (Lipinski definition) is 3. The van der Waals surface area contributed by atoms with E-state index in [1.807, 2.05) is 13.8 Å². The molecule has 0 heterocycles. The molecule has 1 aromatic rings. The Labute approximate surface area is 112 Å². The summed E-state index contributed by atoms with van der Waals surface area (Å²) < 4.78 is 13.0. The molecule has 0 aliphatic rings. The second-order valence-corrected chi connectivity index (χ2v) is 5.34. The molecule has 4 nitrogen and oxygen atoms in total. The first-order chi connectivity index (χ1) is 8.85. The molecule has 0 aliphatic carbocycles. The van der Waals surface area contributed by atoms with Gasteiger partial charge >= 0.3 is 5.97 Å². The lowest BCUT2D eigenvalue weighted by Crippen LogP contribution is -2.24. The number of halogens is 1. The van der Waals surface area contributed by atoms with Gasteiger partial charge in [-0.15, -0.1) is 0 Å². The van der Waals surface area contributed by atoms with Gasteiger partial charge in [-0.3, -0.25) is 0 Å². The molecule has 0 radical (unpaired) electrons. The minimum atomic E-state index is -1.16. The van der Waals surface area contributed by atoms with E-state index in [1.54, 1.807) is 0 Å². The van der Waals surface area contributed by atoms with Crippen LogP contribution in [0.15, 0.2) is 18.2 Å². The number of carbonyl (C=O) groups is 1. The molecule has 0 unspecified atom stereocenters. The molecule has 0 aliphatic heterocycles. The topological polar surface area (TPSA) is 69.6 Å². The number of nitrogens with one attached hydrogen (secondary N) is 1. The highest BCUT2D eigenvalue weighted by Crippen LogP contribution is 2.24. The minimum Gasteiger partial charge on any atom is -0.478 e. The van der Waals surface area contributed by atoms with Crippen molar-refractivity contribution in [2.75, 3.05) is 18.5 Å². The molecule has 5 heteroatoms. The van der Waals surface area contributed by atoms with Crippen molar-refractivity contribution < 1.29 is 19.4 Å². The highest BCUT2D eigenvalue weighted by Gasteiger charge is 2.19. The zero-order valence-corrected chi connectivity index (χ0v) is 11.2. The van der Waals surface area contributed by atoms with Crippen molar-refractivity contribution in [2.24, 2.45) is 5.41 Å². The molecule has 0 fully saturated rings. The molecule has 3 N–H and O–H groups in total. The maximum atomic E-state index is 13.0. The first kappa shape index (κ1) is 15.4. The SMILES string of the molecule is CC(C)(CCCO)CNc1ccc(F)cc1C(=O)O. The molecule has 0 saturated carbocycles. The molecular formula is C14H20FNO3. The number of aromatic carboxylic acids is 1. The molecule has 0 atom stereocenters. The van der Waals surface area contributed by atoms with E-state index in [4.69, 9.17) is 10.2 Å². The predicted molar refractivity (Wildman–Crippen MR) is 71.9 cm³/mol. The molecule has 19 heavy (non-hydrogen) atoms. The van der Waals surface area contributed by atoms with E-state index in [9.17, 15) is 9.18 Å². The van der Waals surface area contributed by atoms with Crippen LogP contribution in [0.5, 0.6) is 0 Å². The fraction of sp³-hybridized carbons (Fsp3) is 0.500. The fourth-order valence-electron chi connectivity index (χ4n) is 1.83. The first-order valence-corrected chi connectivity index (χ1v) is 6.23. The maximum absolute atomic E-state index is 13.0. The number of aliphatic hydroxyl groups is 1. The zero-order valence-electron chi connectivity index (χ0n) is 11.2. The molecule has 0 spiro atoms. The largest absolute Gasteiger partial charge is 0.478 e. The van der Waals surface area contributed by atoms with Crippen LogP contribution in [-0.2, 0) is 0 Å². The van der Waals surface area contributed by atoms with E-state index in [2.05, 4.69) is 5.32 Å². The lowest BCUT2D eigenvalue weighted by molar-refractivity contribution is 0.0697. The van der Waals surface area contributed by atoms with Gasteiger partial charge in [0.2, 0.25) is 0 Å². The summed E-state index contributed by atoms with van der Waals surface area (Å²) in [4.78, 5) is 11.0. The minimum absolute atomic E-state index is 0.0713. The van der Waals surface area contributed by atoms with Crippen molar-refractivity contribution in [1.29, 1.82) is 0 Å². The Morgan fingerprint density at radius 2 is 2.11 bits per heavy atom. The van der Waals surface area contributed by atoms with Gasteiger partial charge in [0, 0.05) is 18.8 Å². The van der Waals surface area contributed by atoms with Crippen molar-refractivity contribution in [3.05, 3.63) is 29.6 Å². The Morgan fingerprint density at radius 3 is 2.68 bits per heavy atom. The Morgan fingerprint density at radius 1 is 1.42 bits per heavy atom. The standard InChI is InChI=1S/C14H20FNO3/c1-14(2,6-3-7-17)9-16-12-5-4-10(15)8-11(12)13(18)19/h4-5,8,16-17H,3,6-7,9H2,1-2H3,(H,18,19). The van der Waals surface area contributed by atoms with E-state index >= 15 is 0 Å². The molecule has 0 aromatic heterocycles. The van der Waals surface area contributed by atoms with Gasteiger partial charge in [-0.2, -0.15) is 0 Å². The Bertz CT molecular complexity index is 446. The van der Waals surface area contributed by atoms with E-state index in [0.29, 0.717) is 18.7 Å². The average Bonchev–Trinajstić information content (AvgIpc) is 2.35. The van der Waals surface area contributed by atoms with Crippen LogP contribution in [0.4, 0.5) is 10.1 Å². The van der Waals surface area contributed by atoms with E-state index in [0.717, 1.165) is 12.5 Å². The third-order valence-corrected chi connectivity index (χ3v) is 2.98. The van der Waals surface area contributed by atoms with Crippen LogP contribution in [0.25, 0.3) is 0 Å². The molecule has 1 aromatic carbocycles. The van der Waals surface area contributed by atoms with E-state index < -0.39 is 11.8 Å². The van der Waals surface area contributed by atoms with Gasteiger partial charge in [0.1, 0.15) is 5.82 Å². The summed E-state index contributed by atoms with van der Waals surface area (Å²) in [6.07, 6.45) is 1.52. The molecule has 106 valence electrons. The van der Waals surface area contributed by atoms with Crippen LogP contribution >= 0.6 is 0 Å². The average molecular weight is 269 g/mol. The lowest BCUT2D eigenvalue weighted by atomic mass is 9.87. The fourth-order valence-corrected chi connectivity index (χ4v) is 1.83. The van der Waals surface area contributed by atoms with Gasteiger partial charge in [-0.1, -0.05) is 13.8 Å². The summed E-state index contributed by atoms with van der Waals surface area (Å²) >= 11 is 0. The molecule has 0 saturated heterocycles. The summed E-state index contributed by atoms with van der Waals surface area (Å²) in [5, 5.41) is 20.9. The van der Waals surface area contributed by atoms with Crippen LogP contribution in [0.2, 0.25) is 0 Å². The van der Waals surface area contributed by atoms with Gasteiger partial charge in [0.15, 0.2) is 0 Å². The maximum Gasteiger partial charge on any atom is 0.337 e. The highest BCUT2D eigenvalue weighted by atomic mass is 19.1. The van der Waals surface area contributed by atoms with Crippen molar-refractivity contribution in [3.8, 4) is 0 Å². The molecule has 1 rings (SSSR count). The van der Waals surface area contributed by atoms with Crippen molar-refractivity contribution in [2.45, 2.75) is 26.7 Å². The van der Waals surface area contributed by atoms with Gasteiger partial charge in [0.05, 0.1) is 5.56 Å². The summed E-state index contributed by atoms with van der Waals surface area (Å²) in [6.45, 7) is 4.75. The Hall–Kier alpha value is -1.62. The van der Waals surface area contributed by atoms with Gasteiger partial charge in [0.25, 0.3) is 0 Å². The number of carboxylic acid groups (broad SMARTS) is 1. The third kappa shape index (κ3) is 4.87. The van der Waals surface area contributed by atoms with Crippen LogP contribution in [0.1, 0.15) is 37.0 Å². The lowest BCUT2D eigenvalue weighted by Gasteiger charge is -2.25. The summed E-state index contributed by atoms with van der Waals surface area (Å²) in [5.41, 5.74) is 0.260. The van der Waals surface area contributed by atoms with Crippen LogP contribution in [0.3, 0.4) is 0 Å². The second kappa shape index (κ2) is 6.52. The number of anilines is 1. The Balaban J connectivity index is 2.75. The number of hydrogen-bond acceptors (Lipinski definition) is 3. The van der Waals surface area contributed by atoms with Gasteiger partial charge in [-0.05, 0) is 36.5 Å². The monoisotopic (exact) mass is 269 g/mol. The van der Waals surface area contributed by atoms with Crippen molar-refractivity contribution >= 4 is 11.7 Å². The van der Waals surface area contributed by atoms with Crippen molar-refractivity contribution in [3.63, 3.8) is 0 Å². The smallest absolute Gasteiger partial charge is 0.337 e. The van der Waals surface area contributed by atoms with Gasteiger partial charge in [-0.25, -0.2) is 9.18 Å². The van der Waals surface area contributed by atoms with Gasteiger partial charge < -0.3 is 15.5 Å². The van der Waals surface area contributed by atoms with Crippen LogP contribution in [0, 0.1) is 11.2 Å². The summed E-state index contributed by atoms with van der Waals surface area (Å²) in [5.74, 6) is -1.72. The van der Waals surface area contributed by atoms with Crippen molar-refractivity contribution in [1.82, 2.24) is 0 Å². The molecule has 0 amide bonds. The normalized spacial score (nSPS) is 11.4. The number of carboxylic acids is 1. The number of benzene rings is 1. The van der Waals surface area contributed by atoms with Crippen LogP contribution in [-0.4, -0.2) is 29.3 Å². The number of aliphatic hydroxyl groups excluding tert-OH is 1. The Kier molecular flexibility index (Phi) is 5.30. The summed E-state index contributed by atoms with van der Waals surface area (Å²) in [6, 6.07) is 3.67. The van der Waals surface area contributed by atoms with E-state index in [-0.39, 0.29) is 17.6 Å². The van der Waals surface area contributed by atoms with E-state index in [1.165, 1.54) is 12.1 Å². The quantitative estimate of drug-likeness (QED) is 0.712. The number of rotatable bonds is 7. The predicted octanol–water partition coefficient (Wildman–Crippen LogP) is 2.73. The first-order valence-electron chi connectivity index (χ1n) is 6.23. The summed E-state index contributed by atoms with van der Waals surface area (Å²) in [7, 11) is 0. The second-order valence-electron chi connectivity index (χ2n) is 5.34. The van der Waals surface area contributed by atoms with Crippen LogP contribution < -0.4 is 5.32 Å². The molecular weight excluding hydrogens is 249 g/mol.